The smallest absolute Gasteiger partial charge is 0.355 e. The lowest BCUT2D eigenvalue weighted by Crippen LogP contribution is -2.27. The van der Waals surface area contributed by atoms with Crippen LogP contribution >= 0.6 is 11.3 Å². The molecule has 7 heteroatoms. The normalized spacial score (nSPS) is 11.9. The van der Waals surface area contributed by atoms with Crippen LogP contribution in [0, 0.1) is 6.92 Å². The number of methoxy groups -OCH3 is 1. The summed E-state index contributed by atoms with van der Waals surface area (Å²) in [5.41, 5.74) is 0.00423. The highest BCUT2D eigenvalue weighted by atomic mass is 32.1. The summed E-state index contributed by atoms with van der Waals surface area (Å²) < 4.78 is 4.53. The number of carboxylic acids is 1. The zero-order valence-electron chi connectivity index (χ0n) is 9.10. The molecule has 88 valence electrons. The van der Waals surface area contributed by atoms with Crippen LogP contribution in [-0.4, -0.2) is 35.2 Å². The summed E-state index contributed by atoms with van der Waals surface area (Å²) in [5.74, 6) is -1.50. The average molecular weight is 244 g/mol. The largest absolute Gasteiger partial charge is 0.476 e. The van der Waals surface area contributed by atoms with Gasteiger partial charge < -0.3 is 15.2 Å². The summed E-state index contributed by atoms with van der Waals surface area (Å²) in [7, 11) is 1.29. The predicted molar refractivity (Wildman–Crippen MR) is 58.9 cm³/mol. The molecule has 1 atom stereocenters. The number of aryl methyl sites for hydroxylation is 1. The molecule has 16 heavy (non-hydrogen) atoms. The van der Waals surface area contributed by atoms with Gasteiger partial charge in [-0.05, 0) is 13.8 Å². The van der Waals surface area contributed by atoms with E-state index in [1.807, 2.05) is 0 Å². The molecular formula is C9H12N2O4S. The van der Waals surface area contributed by atoms with Crippen molar-refractivity contribution < 1.29 is 19.4 Å². The van der Waals surface area contributed by atoms with Crippen molar-refractivity contribution in [2.75, 3.05) is 12.4 Å². The van der Waals surface area contributed by atoms with Crippen LogP contribution in [0.5, 0.6) is 0 Å². The van der Waals surface area contributed by atoms with E-state index >= 15 is 0 Å². The number of aromatic nitrogens is 1. The predicted octanol–water partition coefficient (Wildman–Crippen LogP) is 1.12. The summed E-state index contributed by atoms with van der Waals surface area (Å²) in [6, 6.07) is -0.558. The summed E-state index contributed by atoms with van der Waals surface area (Å²) in [5, 5.41) is 12.0. The fourth-order valence-corrected chi connectivity index (χ4v) is 1.97. The van der Waals surface area contributed by atoms with Crippen molar-refractivity contribution in [3.63, 3.8) is 0 Å². The molecule has 2 N–H and O–H groups in total. The molecule has 0 amide bonds. The quantitative estimate of drug-likeness (QED) is 0.772. The van der Waals surface area contributed by atoms with Crippen LogP contribution in [0.25, 0.3) is 0 Å². The Morgan fingerprint density at radius 3 is 2.62 bits per heavy atom. The molecule has 0 fully saturated rings. The van der Waals surface area contributed by atoms with Gasteiger partial charge >= 0.3 is 11.9 Å². The highest BCUT2D eigenvalue weighted by Crippen LogP contribution is 2.22. The summed E-state index contributed by atoms with van der Waals surface area (Å²) in [6.07, 6.45) is 0. The molecule has 1 unspecified atom stereocenters. The first kappa shape index (κ1) is 12.4. The first-order valence-corrected chi connectivity index (χ1v) is 5.32. The van der Waals surface area contributed by atoms with Crippen molar-refractivity contribution in [2.24, 2.45) is 0 Å². The van der Waals surface area contributed by atoms with Crippen molar-refractivity contribution in [3.05, 3.63) is 10.6 Å². The number of ether oxygens (including phenoxy) is 1. The molecule has 1 heterocycles. The molecule has 1 aromatic heterocycles. The zero-order valence-corrected chi connectivity index (χ0v) is 9.92. The van der Waals surface area contributed by atoms with E-state index in [9.17, 15) is 9.59 Å². The Balaban J connectivity index is 2.79. The monoisotopic (exact) mass is 244 g/mol. The van der Waals surface area contributed by atoms with E-state index in [2.05, 4.69) is 15.0 Å². The Hall–Kier alpha value is -1.63. The van der Waals surface area contributed by atoms with Crippen molar-refractivity contribution >= 4 is 28.4 Å². The second kappa shape index (κ2) is 4.93. The summed E-state index contributed by atoms with van der Waals surface area (Å²) >= 11 is 1.19. The van der Waals surface area contributed by atoms with E-state index in [-0.39, 0.29) is 5.69 Å². The van der Waals surface area contributed by atoms with Gasteiger partial charge in [0.15, 0.2) is 10.8 Å². The summed E-state index contributed by atoms with van der Waals surface area (Å²) in [6.45, 7) is 3.28. The third-order valence-electron chi connectivity index (χ3n) is 1.89. The Labute approximate surface area is 96.3 Å². The molecule has 0 aliphatic carbocycles. The van der Waals surface area contributed by atoms with E-state index in [0.717, 1.165) is 0 Å². The number of carbonyl (C=O) groups excluding carboxylic acids is 1. The van der Waals surface area contributed by atoms with Gasteiger partial charge in [-0.25, -0.2) is 14.6 Å². The fourth-order valence-electron chi connectivity index (χ4n) is 1.08. The molecule has 0 bridgehead atoms. The van der Waals surface area contributed by atoms with Gasteiger partial charge in [0.05, 0.1) is 7.11 Å². The lowest BCUT2D eigenvalue weighted by molar-refractivity contribution is -0.141. The maximum absolute atomic E-state index is 11.1. The van der Waals surface area contributed by atoms with Gasteiger partial charge in [0.25, 0.3) is 0 Å². The first-order chi connectivity index (χ1) is 7.45. The topological polar surface area (TPSA) is 88.5 Å². The molecule has 0 radical (unpaired) electrons. The SMILES string of the molecule is COC(=O)C(C)Nc1nc(C(=O)O)c(C)s1. The van der Waals surface area contributed by atoms with Gasteiger partial charge in [-0.15, -0.1) is 11.3 Å². The average Bonchev–Trinajstić information content (AvgIpc) is 2.58. The number of thiazole rings is 1. The molecule has 1 rings (SSSR count). The number of anilines is 1. The lowest BCUT2D eigenvalue weighted by Gasteiger charge is -2.09. The third-order valence-corrected chi connectivity index (χ3v) is 2.80. The van der Waals surface area contributed by atoms with Gasteiger partial charge in [-0.2, -0.15) is 0 Å². The Kier molecular flexibility index (Phi) is 3.83. The van der Waals surface area contributed by atoms with Crippen LogP contribution in [0.3, 0.4) is 0 Å². The van der Waals surface area contributed by atoms with Gasteiger partial charge in [-0.3, -0.25) is 0 Å². The molecule has 6 nitrogen and oxygen atoms in total. The number of nitrogens with one attached hydrogen (secondary N) is 1. The van der Waals surface area contributed by atoms with Crippen LogP contribution in [-0.2, 0) is 9.53 Å². The number of nitrogens with zero attached hydrogens (tertiary/aromatic N) is 1. The minimum Gasteiger partial charge on any atom is -0.476 e. The molecule has 0 aliphatic rings. The summed E-state index contributed by atoms with van der Waals surface area (Å²) in [4.78, 5) is 26.3. The van der Waals surface area contributed by atoms with Crippen molar-refractivity contribution in [1.82, 2.24) is 4.98 Å². The maximum Gasteiger partial charge on any atom is 0.355 e. The van der Waals surface area contributed by atoms with Crippen molar-refractivity contribution in [1.29, 1.82) is 0 Å². The van der Waals surface area contributed by atoms with Gasteiger partial charge in [0, 0.05) is 4.88 Å². The second-order valence-corrected chi connectivity index (χ2v) is 4.32. The van der Waals surface area contributed by atoms with Gasteiger partial charge in [0.1, 0.15) is 6.04 Å². The number of aromatic carboxylic acids is 1. The first-order valence-electron chi connectivity index (χ1n) is 4.50. The maximum atomic E-state index is 11.1. The van der Waals surface area contributed by atoms with E-state index in [4.69, 9.17) is 5.11 Å². The van der Waals surface area contributed by atoms with Crippen molar-refractivity contribution in [3.8, 4) is 0 Å². The number of hydrogen-bond donors (Lipinski definition) is 2. The Morgan fingerprint density at radius 2 is 2.19 bits per heavy atom. The highest BCUT2D eigenvalue weighted by molar-refractivity contribution is 7.15. The molecule has 0 saturated heterocycles. The Bertz CT molecular complexity index is 416. The third kappa shape index (κ3) is 2.69. The molecule has 0 aliphatic heterocycles. The Morgan fingerprint density at radius 1 is 1.56 bits per heavy atom. The minimum atomic E-state index is -1.08. The van der Waals surface area contributed by atoms with Gasteiger partial charge in [-0.1, -0.05) is 0 Å². The van der Waals surface area contributed by atoms with Crippen LogP contribution in [0.1, 0.15) is 22.3 Å². The molecule has 1 aromatic rings. The highest BCUT2D eigenvalue weighted by Gasteiger charge is 2.18. The molecule has 0 spiro atoms. The number of esters is 1. The molecule has 0 aromatic carbocycles. The molecular weight excluding hydrogens is 232 g/mol. The van der Waals surface area contributed by atoms with Crippen LogP contribution in [0.15, 0.2) is 0 Å². The molecule has 0 saturated carbocycles. The number of carboxylic acid groups (broad SMARTS) is 1. The minimum absolute atomic E-state index is 0.00423. The van der Waals surface area contributed by atoms with Crippen LogP contribution < -0.4 is 5.32 Å². The van der Waals surface area contributed by atoms with Crippen molar-refractivity contribution in [2.45, 2.75) is 19.9 Å². The second-order valence-electron chi connectivity index (χ2n) is 3.12. The van der Waals surface area contributed by atoms with Crippen LogP contribution in [0.4, 0.5) is 5.13 Å². The fraction of sp³-hybridized carbons (Fsp3) is 0.444. The number of hydrogen-bond acceptors (Lipinski definition) is 6. The van der Waals surface area contributed by atoms with Crippen LogP contribution in [0.2, 0.25) is 0 Å². The lowest BCUT2D eigenvalue weighted by atomic mass is 10.3. The standard InChI is InChI=1S/C9H12N2O4S/c1-4(8(14)15-3)10-9-11-6(7(12)13)5(2)16-9/h4H,1-3H3,(H,10,11)(H,12,13). The van der Waals surface area contributed by atoms with E-state index in [1.165, 1.54) is 18.4 Å². The number of carbonyl (C=O) groups is 2. The van der Waals surface area contributed by atoms with E-state index in [1.54, 1.807) is 13.8 Å². The van der Waals surface area contributed by atoms with E-state index < -0.39 is 18.0 Å². The van der Waals surface area contributed by atoms with E-state index in [0.29, 0.717) is 10.0 Å². The van der Waals surface area contributed by atoms with Gasteiger partial charge in [0.2, 0.25) is 0 Å². The number of rotatable bonds is 4. The zero-order chi connectivity index (χ0) is 12.3.